The zero-order chi connectivity index (χ0) is 21.3. The zero-order valence-corrected chi connectivity index (χ0v) is 17.4. The van der Waals surface area contributed by atoms with E-state index in [-0.39, 0.29) is 29.8 Å². The Balaban J connectivity index is 1.56. The van der Waals surface area contributed by atoms with Gasteiger partial charge in [0.15, 0.2) is 6.61 Å². The molecule has 3 aromatic heterocycles. The second-order valence-corrected chi connectivity index (χ2v) is 7.81. The first kappa shape index (κ1) is 20.1. The van der Waals surface area contributed by atoms with Crippen molar-refractivity contribution in [3.05, 3.63) is 34.9 Å². The third-order valence-electron chi connectivity index (χ3n) is 5.46. The summed E-state index contributed by atoms with van der Waals surface area (Å²) in [6, 6.07) is 3.64. The number of rotatable bonds is 5. The Bertz CT molecular complexity index is 1090. The van der Waals surface area contributed by atoms with Crippen molar-refractivity contribution >= 4 is 23.0 Å². The minimum atomic E-state index is -0.619. The molecule has 3 heterocycles. The van der Waals surface area contributed by atoms with Gasteiger partial charge in [-0.3, -0.25) is 4.79 Å². The van der Waals surface area contributed by atoms with Crippen molar-refractivity contribution in [3.63, 3.8) is 0 Å². The van der Waals surface area contributed by atoms with Gasteiger partial charge in [-0.1, -0.05) is 24.4 Å². The number of hydrogen-bond donors (Lipinski definition) is 1. The number of aromatic nitrogens is 2. The minimum absolute atomic E-state index is 0.164. The number of aryl methyl sites for hydroxylation is 3. The molecule has 0 atom stereocenters. The smallest absolute Gasteiger partial charge is 0.339 e. The van der Waals surface area contributed by atoms with Gasteiger partial charge < -0.3 is 19.0 Å². The quantitative estimate of drug-likeness (QED) is 0.632. The van der Waals surface area contributed by atoms with Crippen molar-refractivity contribution in [1.29, 1.82) is 0 Å². The van der Waals surface area contributed by atoms with Gasteiger partial charge in [0, 0.05) is 11.6 Å². The van der Waals surface area contributed by atoms with Crippen LogP contribution in [0.15, 0.2) is 21.1 Å². The molecule has 8 heteroatoms. The first-order valence-electron chi connectivity index (χ1n) is 10.2. The number of amides is 1. The van der Waals surface area contributed by atoms with Gasteiger partial charge in [-0.25, -0.2) is 9.78 Å². The summed E-state index contributed by atoms with van der Waals surface area (Å²) >= 11 is 0. The van der Waals surface area contributed by atoms with E-state index < -0.39 is 5.97 Å². The summed E-state index contributed by atoms with van der Waals surface area (Å²) in [5.41, 5.74) is 2.31. The molecule has 3 aromatic rings. The van der Waals surface area contributed by atoms with Crippen LogP contribution >= 0.6 is 0 Å². The first-order valence-corrected chi connectivity index (χ1v) is 10.2. The lowest BCUT2D eigenvalue weighted by Crippen LogP contribution is -2.38. The van der Waals surface area contributed by atoms with E-state index in [0.717, 1.165) is 37.0 Å². The maximum Gasteiger partial charge on any atom is 0.339 e. The SMILES string of the molecule is Cc1cc(-c2cc(C(=O)OCC(=O)NC3CCCCC3)c3c(C)noc3n2)c(C)o1. The van der Waals surface area contributed by atoms with Crippen molar-refractivity contribution in [3.8, 4) is 11.3 Å². The number of carbonyl (C=O) groups is 2. The molecule has 1 amide bonds. The molecule has 0 spiro atoms. The van der Waals surface area contributed by atoms with Crippen LogP contribution in [-0.2, 0) is 9.53 Å². The summed E-state index contributed by atoms with van der Waals surface area (Å²) in [5.74, 6) is 0.513. The number of esters is 1. The molecule has 8 nitrogen and oxygen atoms in total. The fraction of sp³-hybridized carbons (Fsp3) is 0.455. The number of nitrogens with zero attached hydrogens (tertiary/aromatic N) is 2. The first-order chi connectivity index (χ1) is 14.4. The number of hydrogen-bond acceptors (Lipinski definition) is 7. The summed E-state index contributed by atoms with van der Waals surface area (Å²) in [6.07, 6.45) is 5.37. The van der Waals surface area contributed by atoms with Crippen molar-refractivity contribution in [2.45, 2.75) is 58.9 Å². The molecule has 0 saturated heterocycles. The Kier molecular flexibility index (Phi) is 5.57. The van der Waals surface area contributed by atoms with Gasteiger partial charge in [-0.05, 0) is 45.7 Å². The monoisotopic (exact) mass is 411 g/mol. The summed E-state index contributed by atoms with van der Waals surface area (Å²) < 4.78 is 16.2. The van der Waals surface area contributed by atoms with Crippen LogP contribution in [0.5, 0.6) is 0 Å². The highest BCUT2D eigenvalue weighted by atomic mass is 16.5. The predicted octanol–water partition coefficient (Wildman–Crippen LogP) is 4.01. The van der Waals surface area contributed by atoms with Gasteiger partial charge in [0.2, 0.25) is 0 Å². The van der Waals surface area contributed by atoms with Crippen LogP contribution in [0.4, 0.5) is 0 Å². The average Bonchev–Trinajstić information content (AvgIpc) is 3.27. The molecule has 1 aliphatic carbocycles. The van der Waals surface area contributed by atoms with Crippen LogP contribution < -0.4 is 5.32 Å². The Labute approximate surface area is 174 Å². The fourth-order valence-electron chi connectivity index (χ4n) is 4.00. The lowest BCUT2D eigenvalue weighted by atomic mass is 9.95. The average molecular weight is 411 g/mol. The fourth-order valence-corrected chi connectivity index (χ4v) is 4.00. The minimum Gasteiger partial charge on any atom is -0.466 e. The Hall–Kier alpha value is -3.16. The van der Waals surface area contributed by atoms with Crippen molar-refractivity contribution in [2.75, 3.05) is 6.61 Å². The molecule has 1 N–H and O–H groups in total. The Morgan fingerprint density at radius 3 is 2.63 bits per heavy atom. The van der Waals surface area contributed by atoms with E-state index >= 15 is 0 Å². The number of fused-ring (bicyclic) bond motifs is 1. The molecular formula is C22H25N3O5. The zero-order valence-electron chi connectivity index (χ0n) is 17.4. The standard InChI is InChI=1S/C22H25N3O5/c1-12-9-16(14(3)29-12)18-10-17(20-13(2)25-30-21(20)24-18)22(27)28-11-19(26)23-15-7-5-4-6-8-15/h9-10,15H,4-8,11H2,1-3H3,(H,23,26). The van der Waals surface area contributed by atoms with E-state index in [1.54, 1.807) is 13.0 Å². The van der Waals surface area contributed by atoms with Gasteiger partial charge in [-0.15, -0.1) is 0 Å². The van der Waals surface area contributed by atoms with E-state index in [1.807, 2.05) is 19.9 Å². The molecule has 1 saturated carbocycles. The van der Waals surface area contributed by atoms with Gasteiger partial charge in [0.05, 0.1) is 22.3 Å². The topological polar surface area (TPSA) is 107 Å². The maximum atomic E-state index is 12.9. The summed E-state index contributed by atoms with van der Waals surface area (Å²) in [5, 5.41) is 7.35. The summed E-state index contributed by atoms with van der Waals surface area (Å²) in [4.78, 5) is 29.6. The normalized spacial score (nSPS) is 14.8. The summed E-state index contributed by atoms with van der Waals surface area (Å²) in [6.45, 7) is 5.07. The van der Waals surface area contributed by atoms with Gasteiger partial charge >= 0.3 is 5.97 Å². The van der Waals surface area contributed by atoms with Crippen molar-refractivity contribution in [1.82, 2.24) is 15.5 Å². The van der Waals surface area contributed by atoms with E-state index in [2.05, 4.69) is 15.5 Å². The second-order valence-electron chi connectivity index (χ2n) is 7.81. The summed E-state index contributed by atoms with van der Waals surface area (Å²) in [7, 11) is 0. The molecule has 0 aromatic carbocycles. The van der Waals surface area contributed by atoms with E-state index in [9.17, 15) is 9.59 Å². The molecule has 158 valence electrons. The lowest BCUT2D eigenvalue weighted by molar-refractivity contribution is -0.125. The molecule has 1 aliphatic rings. The Morgan fingerprint density at radius 1 is 1.17 bits per heavy atom. The third kappa shape index (κ3) is 4.08. The lowest BCUT2D eigenvalue weighted by Gasteiger charge is -2.22. The molecule has 0 aliphatic heterocycles. The highest BCUT2D eigenvalue weighted by Crippen LogP contribution is 2.30. The number of pyridine rings is 1. The molecule has 4 rings (SSSR count). The molecule has 1 fully saturated rings. The van der Waals surface area contributed by atoms with Crippen molar-refractivity contribution < 1.29 is 23.3 Å². The van der Waals surface area contributed by atoms with E-state index in [4.69, 9.17) is 13.7 Å². The predicted molar refractivity (Wildman–Crippen MR) is 109 cm³/mol. The van der Waals surface area contributed by atoms with E-state index in [0.29, 0.717) is 22.5 Å². The molecule has 30 heavy (non-hydrogen) atoms. The molecule has 0 radical (unpaired) electrons. The van der Waals surface area contributed by atoms with Crippen LogP contribution in [0.1, 0.15) is 59.7 Å². The van der Waals surface area contributed by atoms with Crippen LogP contribution in [0.3, 0.4) is 0 Å². The van der Waals surface area contributed by atoms with Crippen LogP contribution in [0, 0.1) is 20.8 Å². The van der Waals surface area contributed by atoms with E-state index in [1.165, 1.54) is 6.42 Å². The number of ether oxygens (including phenoxy) is 1. The molecule has 0 unspecified atom stereocenters. The highest BCUT2D eigenvalue weighted by Gasteiger charge is 2.23. The van der Waals surface area contributed by atoms with Crippen LogP contribution in [0.2, 0.25) is 0 Å². The largest absolute Gasteiger partial charge is 0.466 e. The Morgan fingerprint density at radius 2 is 1.93 bits per heavy atom. The van der Waals surface area contributed by atoms with Gasteiger partial charge in [0.1, 0.15) is 11.5 Å². The second kappa shape index (κ2) is 8.30. The number of nitrogens with one attached hydrogen (secondary N) is 1. The van der Waals surface area contributed by atoms with Crippen LogP contribution in [0.25, 0.3) is 22.4 Å². The number of furan rings is 1. The third-order valence-corrected chi connectivity index (χ3v) is 5.46. The number of carbonyl (C=O) groups excluding carboxylic acids is 2. The van der Waals surface area contributed by atoms with Crippen molar-refractivity contribution in [2.24, 2.45) is 0 Å². The molecular weight excluding hydrogens is 386 g/mol. The maximum absolute atomic E-state index is 12.9. The van der Waals surface area contributed by atoms with Gasteiger partial charge in [0.25, 0.3) is 11.6 Å². The van der Waals surface area contributed by atoms with Gasteiger partial charge in [-0.2, -0.15) is 0 Å². The highest BCUT2D eigenvalue weighted by molar-refractivity contribution is 6.04. The molecule has 0 bridgehead atoms. The van der Waals surface area contributed by atoms with Crippen LogP contribution in [-0.4, -0.2) is 34.7 Å².